The summed E-state index contributed by atoms with van der Waals surface area (Å²) in [5, 5.41) is 3.38. The van der Waals surface area contributed by atoms with Crippen LogP contribution in [-0.4, -0.2) is 29.6 Å². The quantitative estimate of drug-likeness (QED) is 0.863. The summed E-state index contributed by atoms with van der Waals surface area (Å²) < 4.78 is 0. The number of aryl methyl sites for hydroxylation is 1. The molecule has 2 unspecified atom stereocenters. The van der Waals surface area contributed by atoms with Crippen molar-refractivity contribution < 1.29 is 4.79 Å². The molecule has 0 radical (unpaired) electrons. The summed E-state index contributed by atoms with van der Waals surface area (Å²) in [5.41, 5.74) is 1.31. The van der Waals surface area contributed by atoms with Crippen molar-refractivity contribution in [3.05, 3.63) is 35.9 Å². The molecular formula is C17H24N2O. The lowest BCUT2D eigenvalue weighted by atomic mass is 10.0. The molecule has 3 heteroatoms. The van der Waals surface area contributed by atoms with Crippen LogP contribution in [0.25, 0.3) is 0 Å². The highest BCUT2D eigenvalue weighted by molar-refractivity contribution is 5.84. The molecule has 0 aromatic heterocycles. The third kappa shape index (κ3) is 3.21. The van der Waals surface area contributed by atoms with Crippen molar-refractivity contribution in [2.45, 2.75) is 51.1 Å². The first kappa shape index (κ1) is 13.6. The molecule has 1 amide bonds. The van der Waals surface area contributed by atoms with Crippen LogP contribution in [0.1, 0.15) is 38.2 Å². The van der Waals surface area contributed by atoms with E-state index in [0.717, 1.165) is 25.4 Å². The molecule has 0 bridgehead atoms. The maximum absolute atomic E-state index is 12.4. The van der Waals surface area contributed by atoms with Crippen molar-refractivity contribution >= 4 is 5.91 Å². The second-order valence-electron chi connectivity index (χ2n) is 6.28. The number of hydrogen-bond donors (Lipinski definition) is 1. The molecule has 20 heavy (non-hydrogen) atoms. The summed E-state index contributed by atoms with van der Waals surface area (Å²) >= 11 is 0. The maximum Gasteiger partial charge on any atom is 0.241 e. The van der Waals surface area contributed by atoms with E-state index in [9.17, 15) is 4.79 Å². The minimum Gasteiger partial charge on any atom is -0.326 e. The van der Waals surface area contributed by atoms with Crippen molar-refractivity contribution in [2.24, 2.45) is 5.92 Å². The number of amides is 1. The van der Waals surface area contributed by atoms with Crippen LogP contribution in [0.4, 0.5) is 0 Å². The van der Waals surface area contributed by atoms with Gasteiger partial charge in [0.25, 0.3) is 0 Å². The fourth-order valence-electron chi connectivity index (χ4n) is 3.09. The molecule has 2 atom stereocenters. The zero-order valence-corrected chi connectivity index (χ0v) is 12.2. The molecule has 1 aliphatic heterocycles. The predicted octanol–water partition coefficient (Wildman–Crippen LogP) is 2.57. The van der Waals surface area contributed by atoms with Crippen molar-refractivity contribution in [1.82, 2.24) is 10.2 Å². The predicted molar refractivity (Wildman–Crippen MR) is 80.2 cm³/mol. The Morgan fingerprint density at radius 3 is 2.75 bits per heavy atom. The van der Waals surface area contributed by atoms with E-state index >= 15 is 0 Å². The average Bonchev–Trinajstić information content (AvgIpc) is 3.19. The highest BCUT2D eigenvalue weighted by atomic mass is 16.2. The normalized spacial score (nSPS) is 24.1. The Labute approximate surface area is 121 Å². The first-order chi connectivity index (χ1) is 9.74. The van der Waals surface area contributed by atoms with Crippen LogP contribution in [0.2, 0.25) is 0 Å². The van der Waals surface area contributed by atoms with Gasteiger partial charge in [0.05, 0.1) is 12.7 Å². The third-order valence-electron chi connectivity index (χ3n) is 4.56. The van der Waals surface area contributed by atoms with Crippen molar-refractivity contribution in [1.29, 1.82) is 0 Å². The number of hydrogen-bond acceptors (Lipinski definition) is 2. The van der Waals surface area contributed by atoms with E-state index in [0.29, 0.717) is 11.9 Å². The fourth-order valence-corrected chi connectivity index (χ4v) is 3.09. The maximum atomic E-state index is 12.4. The molecule has 1 aromatic rings. The fraction of sp³-hybridized carbons (Fsp3) is 0.588. The Kier molecular flexibility index (Phi) is 4.06. The zero-order chi connectivity index (χ0) is 13.9. The van der Waals surface area contributed by atoms with Gasteiger partial charge in [-0.25, -0.2) is 0 Å². The smallest absolute Gasteiger partial charge is 0.241 e. The van der Waals surface area contributed by atoms with E-state index in [-0.39, 0.29) is 6.04 Å². The third-order valence-corrected chi connectivity index (χ3v) is 4.56. The van der Waals surface area contributed by atoms with Gasteiger partial charge in [-0.05, 0) is 37.7 Å². The van der Waals surface area contributed by atoms with Crippen molar-refractivity contribution in [3.63, 3.8) is 0 Å². The lowest BCUT2D eigenvalue weighted by Crippen LogP contribution is -2.37. The molecule has 3 nitrogen and oxygen atoms in total. The minimum atomic E-state index is 0.0110. The number of nitrogens with zero attached hydrogens (tertiary/aromatic N) is 1. The number of nitrogens with one attached hydrogen (secondary N) is 1. The summed E-state index contributed by atoms with van der Waals surface area (Å²) in [6.07, 6.45) is 5.76. The van der Waals surface area contributed by atoms with Gasteiger partial charge in [0, 0.05) is 6.04 Å². The molecular weight excluding hydrogens is 248 g/mol. The molecule has 1 saturated heterocycles. The number of benzene rings is 1. The molecule has 2 aliphatic rings. The summed E-state index contributed by atoms with van der Waals surface area (Å²) in [6, 6.07) is 10.8. The average molecular weight is 272 g/mol. The largest absolute Gasteiger partial charge is 0.326 e. The standard InChI is InChI=1S/C17H24N2O/c1-13(11-15-7-8-15)19-12-18-16(17(19)20)10-9-14-5-3-2-4-6-14/h2-6,13,15-16,18H,7-12H2,1H3. The van der Waals surface area contributed by atoms with E-state index in [2.05, 4.69) is 36.5 Å². The van der Waals surface area contributed by atoms with Gasteiger partial charge < -0.3 is 4.90 Å². The topological polar surface area (TPSA) is 32.3 Å². The minimum absolute atomic E-state index is 0.0110. The number of rotatable bonds is 6. The van der Waals surface area contributed by atoms with Crippen molar-refractivity contribution in [3.8, 4) is 0 Å². The first-order valence-electron chi connectivity index (χ1n) is 7.82. The van der Waals surface area contributed by atoms with Crippen LogP contribution in [-0.2, 0) is 11.2 Å². The first-order valence-corrected chi connectivity index (χ1v) is 7.82. The zero-order valence-electron chi connectivity index (χ0n) is 12.2. The Hall–Kier alpha value is -1.35. The van der Waals surface area contributed by atoms with E-state index in [4.69, 9.17) is 0 Å². The lowest BCUT2D eigenvalue weighted by molar-refractivity contribution is -0.130. The molecule has 1 heterocycles. The van der Waals surface area contributed by atoms with Crippen LogP contribution < -0.4 is 5.32 Å². The lowest BCUT2D eigenvalue weighted by Gasteiger charge is -2.23. The molecule has 1 aromatic carbocycles. The number of carbonyl (C=O) groups excluding carboxylic acids is 1. The molecule has 1 aliphatic carbocycles. The second-order valence-corrected chi connectivity index (χ2v) is 6.28. The molecule has 1 N–H and O–H groups in total. The van der Waals surface area contributed by atoms with Gasteiger partial charge in [0.15, 0.2) is 0 Å². The Morgan fingerprint density at radius 1 is 1.30 bits per heavy atom. The molecule has 2 fully saturated rings. The summed E-state index contributed by atoms with van der Waals surface area (Å²) in [6.45, 7) is 2.92. The molecule has 1 saturated carbocycles. The van der Waals surface area contributed by atoms with Gasteiger partial charge in [-0.15, -0.1) is 0 Å². The van der Waals surface area contributed by atoms with Crippen LogP contribution in [0.15, 0.2) is 30.3 Å². The highest BCUT2D eigenvalue weighted by Crippen LogP contribution is 2.35. The Morgan fingerprint density at radius 2 is 2.05 bits per heavy atom. The van der Waals surface area contributed by atoms with Crippen LogP contribution >= 0.6 is 0 Å². The molecule has 3 rings (SSSR count). The SMILES string of the molecule is CC(CC1CC1)N1CNC(CCc2ccccc2)C1=O. The van der Waals surface area contributed by atoms with Gasteiger partial charge in [-0.3, -0.25) is 10.1 Å². The summed E-state index contributed by atoms with van der Waals surface area (Å²) in [7, 11) is 0. The van der Waals surface area contributed by atoms with E-state index in [1.807, 2.05) is 11.0 Å². The highest BCUT2D eigenvalue weighted by Gasteiger charge is 2.35. The van der Waals surface area contributed by atoms with Crippen molar-refractivity contribution in [2.75, 3.05) is 6.67 Å². The van der Waals surface area contributed by atoms with Crippen LogP contribution in [0.3, 0.4) is 0 Å². The second kappa shape index (κ2) is 5.96. The van der Waals surface area contributed by atoms with Crippen LogP contribution in [0.5, 0.6) is 0 Å². The van der Waals surface area contributed by atoms with Gasteiger partial charge in [0.2, 0.25) is 5.91 Å². The van der Waals surface area contributed by atoms with Crippen LogP contribution in [0, 0.1) is 5.92 Å². The molecule has 108 valence electrons. The van der Waals surface area contributed by atoms with Gasteiger partial charge in [-0.2, -0.15) is 0 Å². The van der Waals surface area contributed by atoms with Gasteiger partial charge in [-0.1, -0.05) is 43.2 Å². The summed E-state index contributed by atoms with van der Waals surface area (Å²) in [5.74, 6) is 1.18. The van der Waals surface area contributed by atoms with E-state index < -0.39 is 0 Å². The Bertz CT molecular complexity index is 455. The number of carbonyl (C=O) groups is 1. The van der Waals surface area contributed by atoms with E-state index in [1.165, 1.54) is 24.8 Å². The van der Waals surface area contributed by atoms with E-state index in [1.54, 1.807) is 0 Å². The van der Waals surface area contributed by atoms with Gasteiger partial charge in [0.1, 0.15) is 0 Å². The monoisotopic (exact) mass is 272 g/mol. The summed E-state index contributed by atoms with van der Waals surface area (Å²) in [4.78, 5) is 14.5. The molecule has 0 spiro atoms. The van der Waals surface area contributed by atoms with Gasteiger partial charge >= 0.3 is 0 Å². The Balaban J connectivity index is 1.50.